The lowest BCUT2D eigenvalue weighted by Crippen LogP contribution is -2.04. The van der Waals surface area contributed by atoms with Crippen molar-refractivity contribution in [2.45, 2.75) is 9.92 Å². The fourth-order valence-electron chi connectivity index (χ4n) is 1.12. The Balaban J connectivity index is 2.27. The molecule has 0 aliphatic rings. The van der Waals surface area contributed by atoms with E-state index in [4.69, 9.17) is 5.11 Å². The van der Waals surface area contributed by atoms with Gasteiger partial charge >= 0.3 is 5.97 Å². The van der Waals surface area contributed by atoms with Crippen molar-refractivity contribution in [1.29, 1.82) is 0 Å². The van der Waals surface area contributed by atoms with Crippen LogP contribution in [0.1, 0.15) is 10.5 Å². The van der Waals surface area contributed by atoms with Crippen LogP contribution in [0.2, 0.25) is 0 Å². The second kappa shape index (κ2) is 4.79. The molecule has 0 aliphatic heterocycles. The Kier molecular flexibility index (Phi) is 3.20. The third-order valence-electron chi connectivity index (χ3n) is 1.83. The Hall–Kier alpha value is -2.15. The van der Waals surface area contributed by atoms with Crippen molar-refractivity contribution in [2.75, 3.05) is 0 Å². The number of nitrogens with zero attached hydrogens (tertiary/aromatic N) is 2. The summed E-state index contributed by atoms with van der Waals surface area (Å²) in [6.45, 7) is 0. The molecule has 0 radical (unpaired) electrons. The number of pyridine rings is 1. The number of rotatable bonds is 3. The first-order valence-electron chi connectivity index (χ1n) is 4.57. The first-order valence-corrected chi connectivity index (χ1v) is 5.39. The molecule has 86 valence electrons. The topological polar surface area (TPSA) is 95.9 Å². The number of aromatic nitrogens is 3. The molecule has 0 aromatic carbocycles. The van der Waals surface area contributed by atoms with Gasteiger partial charge in [-0.15, -0.1) is 0 Å². The molecule has 0 saturated carbocycles. The molecule has 2 aromatic rings. The van der Waals surface area contributed by atoms with Crippen LogP contribution in [0, 0.1) is 0 Å². The van der Waals surface area contributed by atoms with Crippen molar-refractivity contribution in [2.24, 2.45) is 0 Å². The van der Waals surface area contributed by atoms with Crippen LogP contribution in [0.5, 0.6) is 0 Å². The Labute approximate surface area is 99.8 Å². The maximum Gasteiger partial charge on any atom is 0.354 e. The number of hydrogen-bond acceptors (Lipinski definition) is 5. The highest BCUT2D eigenvalue weighted by molar-refractivity contribution is 7.99. The molecule has 0 aliphatic carbocycles. The quantitative estimate of drug-likeness (QED) is 0.788. The van der Waals surface area contributed by atoms with Gasteiger partial charge in [0.05, 0.1) is 6.33 Å². The minimum atomic E-state index is -1.09. The van der Waals surface area contributed by atoms with Gasteiger partial charge in [0.15, 0.2) is 0 Å². The van der Waals surface area contributed by atoms with Gasteiger partial charge < -0.3 is 10.1 Å². The van der Waals surface area contributed by atoms with E-state index in [0.29, 0.717) is 9.92 Å². The van der Waals surface area contributed by atoms with Crippen LogP contribution < -0.4 is 5.56 Å². The number of hydrogen-bond donors (Lipinski definition) is 2. The van der Waals surface area contributed by atoms with Crippen LogP contribution in [0.25, 0.3) is 0 Å². The highest BCUT2D eigenvalue weighted by Gasteiger charge is 2.06. The van der Waals surface area contributed by atoms with E-state index in [9.17, 15) is 9.59 Å². The van der Waals surface area contributed by atoms with Crippen LogP contribution >= 0.6 is 11.8 Å². The van der Waals surface area contributed by atoms with Crippen molar-refractivity contribution in [3.63, 3.8) is 0 Å². The van der Waals surface area contributed by atoms with Crippen LogP contribution in [-0.2, 0) is 0 Å². The Bertz CT molecular complexity index is 611. The normalized spacial score (nSPS) is 10.1. The van der Waals surface area contributed by atoms with Crippen molar-refractivity contribution in [1.82, 2.24) is 15.0 Å². The molecule has 2 N–H and O–H groups in total. The zero-order chi connectivity index (χ0) is 12.3. The number of carboxylic acid groups (broad SMARTS) is 1. The summed E-state index contributed by atoms with van der Waals surface area (Å²) >= 11 is 1.20. The fourth-order valence-corrected chi connectivity index (χ4v) is 1.93. The van der Waals surface area contributed by atoms with Crippen LogP contribution in [0.4, 0.5) is 0 Å². The van der Waals surface area contributed by atoms with E-state index >= 15 is 0 Å². The zero-order valence-corrected chi connectivity index (χ0v) is 9.27. The van der Waals surface area contributed by atoms with E-state index in [1.165, 1.54) is 36.4 Å². The number of carbonyl (C=O) groups is 1. The SMILES string of the molecule is O=C(O)c1cc(Sc2cc(=O)[nH]cn2)ccn1. The molecule has 0 spiro atoms. The van der Waals surface area contributed by atoms with E-state index in [2.05, 4.69) is 15.0 Å². The minimum Gasteiger partial charge on any atom is -0.477 e. The molecule has 17 heavy (non-hydrogen) atoms. The van der Waals surface area contributed by atoms with Gasteiger partial charge in [-0.25, -0.2) is 14.8 Å². The van der Waals surface area contributed by atoms with Gasteiger partial charge in [-0.05, 0) is 12.1 Å². The zero-order valence-electron chi connectivity index (χ0n) is 8.45. The molecule has 0 amide bonds. The molecule has 7 heteroatoms. The average molecular weight is 249 g/mol. The molecule has 0 saturated heterocycles. The van der Waals surface area contributed by atoms with Crippen molar-refractivity contribution >= 4 is 17.7 Å². The maximum atomic E-state index is 11.0. The van der Waals surface area contributed by atoms with Crippen molar-refractivity contribution in [3.05, 3.63) is 46.8 Å². The lowest BCUT2D eigenvalue weighted by atomic mass is 10.3. The summed E-state index contributed by atoms with van der Waals surface area (Å²) in [5.41, 5.74) is -0.296. The number of nitrogens with one attached hydrogen (secondary N) is 1. The third-order valence-corrected chi connectivity index (χ3v) is 2.75. The maximum absolute atomic E-state index is 11.0. The average Bonchev–Trinajstić information content (AvgIpc) is 2.29. The van der Waals surface area contributed by atoms with E-state index in [1.54, 1.807) is 6.07 Å². The summed E-state index contributed by atoms with van der Waals surface area (Å²) in [5.74, 6) is -1.09. The number of carboxylic acids is 1. The number of aromatic amines is 1. The van der Waals surface area contributed by atoms with Crippen molar-refractivity contribution in [3.8, 4) is 0 Å². The molecule has 0 bridgehead atoms. The van der Waals surface area contributed by atoms with Crippen LogP contribution in [0.3, 0.4) is 0 Å². The van der Waals surface area contributed by atoms with Gasteiger partial charge in [0.25, 0.3) is 5.56 Å². The monoisotopic (exact) mass is 249 g/mol. The summed E-state index contributed by atoms with van der Waals surface area (Å²) in [4.78, 5) is 32.5. The Morgan fingerprint density at radius 1 is 1.35 bits per heavy atom. The van der Waals surface area contributed by atoms with Gasteiger partial charge in [0, 0.05) is 17.2 Å². The van der Waals surface area contributed by atoms with Gasteiger partial charge in [0.2, 0.25) is 0 Å². The largest absolute Gasteiger partial charge is 0.477 e. The van der Waals surface area contributed by atoms with E-state index in [1.807, 2.05) is 0 Å². The first-order chi connectivity index (χ1) is 8.15. The smallest absolute Gasteiger partial charge is 0.354 e. The van der Waals surface area contributed by atoms with E-state index < -0.39 is 5.97 Å². The summed E-state index contributed by atoms with van der Waals surface area (Å²) in [6.07, 6.45) is 2.70. The summed E-state index contributed by atoms with van der Waals surface area (Å²) in [6, 6.07) is 4.42. The molecule has 2 rings (SSSR count). The second-order valence-electron chi connectivity index (χ2n) is 3.03. The first kappa shape index (κ1) is 11.3. The molecule has 0 fully saturated rings. The van der Waals surface area contributed by atoms with Gasteiger partial charge in [-0.3, -0.25) is 4.79 Å². The summed E-state index contributed by atoms with van der Waals surface area (Å²) in [5, 5.41) is 9.27. The predicted octanol–water partition coefficient (Wildman–Crippen LogP) is 1.01. The Morgan fingerprint density at radius 2 is 2.18 bits per heavy atom. The highest BCUT2D eigenvalue weighted by Crippen LogP contribution is 2.24. The highest BCUT2D eigenvalue weighted by atomic mass is 32.2. The fraction of sp³-hybridized carbons (Fsp3) is 0. The summed E-state index contributed by atoms with van der Waals surface area (Å²) < 4.78 is 0. The lowest BCUT2D eigenvalue weighted by molar-refractivity contribution is 0.0690. The standard InChI is InChI=1S/C10H7N3O3S/c14-8-4-9(13-5-12-8)17-6-1-2-11-7(3-6)10(15)16/h1-5H,(H,15,16)(H,12,13,14). The summed E-state index contributed by atoms with van der Waals surface area (Å²) in [7, 11) is 0. The van der Waals surface area contributed by atoms with Gasteiger partial charge in [0.1, 0.15) is 10.7 Å². The van der Waals surface area contributed by atoms with E-state index in [0.717, 1.165) is 0 Å². The van der Waals surface area contributed by atoms with Crippen LogP contribution in [0.15, 0.2) is 45.4 Å². The molecule has 0 unspecified atom stereocenters. The lowest BCUT2D eigenvalue weighted by Gasteiger charge is -2.00. The second-order valence-corrected chi connectivity index (χ2v) is 4.13. The molecule has 6 nitrogen and oxygen atoms in total. The van der Waals surface area contributed by atoms with Crippen LogP contribution in [-0.4, -0.2) is 26.0 Å². The molecule has 2 aromatic heterocycles. The number of aromatic carboxylic acids is 1. The Morgan fingerprint density at radius 3 is 2.88 bits per heavy atom. The predicted molar refractivity (Wildman–Crippen MR) is 60.2 cm³/mol. The van der Waals surface area contributed by atoms with Crippen molar-refractivity contribution < 1.29 is 9.90 Å². The van der Waals surface area contributed by atoms with Gasteiger partial charge in [-0.2, -0.15) is 0 Å². The molecule has 2 heterocycles. The van der Waals surface area contributed by atoms with Gasteiger partial charge in [-0.1, -0.05) is 11.8 Å². The molecular weight excluding hydrogens is 242 g/mol. The third kappa shape index (κ3) is 2.91. The van der Waals surface area contributed by atoms with E-state index in [-0.39, 0.29) is 11.3 Å². The molecule has 0 atom stereocenters. The minimum absolute atomic E-state index is 0.0418. The number of H-pyrrole nitrogens is 1. The molecular formula is C10H7N3O3S.